The van der Waals surface area contributed by atoms with Crippen molar-refractivity contribution in [1.29, 1.82) is 0 Å². The molecule has 2 aromatic rings. The zero-order valence-corrected chi connectivity index (χ0v) is 18.4. The molecule has 0 bridgehead atoms. The van der Waals surface area contributed by atoms with Gasteiger partial charge in [0.05, 0.1) is 32.6 Å². The van der Waals surface area contributed by atoms with Crippen molar-refractivity contribution in [3.63, 3.8) is 0 Å². The Morgan fingerprint density at radius 3 is 1.94 bits per heavy atom. The molecule has 7 nitrogen and oxygen atoms in total. The lowest BCUT2D eigenvalue weighted by Crippen LogP contribution is -2.26. The maximum atomic E-state index is 12.5. The van der Waals surface area contributed by atoms with Crippen LogP contribution < -0.4 is 24.4 Å². The van der Waals surface area contributed by atoms with Crippen LogP contribution in [0.5, 0.6) is 23.0 Å². The molecule has 0 saturated heterocycles. The number of nitrogens with one attached hydrogen (secondary N) is 1. The minimum atomic E-state index is -0.331. The zero-order chi connectivity index (χ0) is 22.1. The van der Waals surface area contributed by atoms with E-state index >= 15 is 0 Å². The summed E-state index contributed by atoms with van der Waals surface area (Å²) in [6, 6.07) is 10.7. The summed E-state index contributed by atoms with van der Waals surface area (Å²) in [6.07, 6.45) is 1.57. The lowest BCUT2D eigenvalue weighted by molar-refractivity contribution is 0.0954. The maximum Gasteiger partial charge on any atom is 0.271 e. The molecule has 0 unspecified atom stereocenters. The lowest BCUT2D eigenvalue weighted by Gasteiger charge is -2.19. The van der Waals surface area contributed by atoms with Gasteiger partial charge in [-0.05, 0) is 42.0 Å². The summed E-state index contributed by atoms with van der Waals surface area (Å²) in [4.78, 5) is 12.5. The Hall–Kier alpha value is -3.22. The van der Waals surface area contributed by atoms with Crippen LogP contribution in [0.2, 0.25) is 0 Å². The predicted molar refractivity (Wildman–Crippen MR) is 117 cm³/mol. The summed E-state index contributed by atoms with van der Waals surface area (Å²) >= 11 is 0. The van der Waals surface area contributed by atoms with Gasteiger partial charge in [-0.15, -0.1) is 0 Å². The second-order valence-corrected chi connectivity index (χ2v) is 9.55. The average Bonchev–Trinajstić information content (AvgIpc) is 2.99. The van der Waals surface area contributed by atoms with Gasteiger partial charge in [-0.2, -0.15) is 5.10 Å². The minimum Gasteiger partial charge on any atom is -0.489 e. The zero-order valence-electron chi connectivity index (χ0n) is 18.4. The Bertz CT molecular complexity index is 1010. The van der Waals surface area contributed by atoms with Crippen LogP contribution in [0.3, 0.4) is 0 Å². The van der Waals surface area contributed by atoms with Gasteiger partial charge in [-0.3, -0.25) is 4.79 Å². The highest BCUT2D eigenvalue weighted by atomic mass is 16.5. The molecule has 1 amide bonds. The van der Waals surface area contributed by atoms with E-state index in [0.717, 1.165) is 5.56 Å². The van der Waals surface area contributed by atoms with Gasteiger partial charge in [0.25, 0.3) is 5.91 Å². The van der Waals surface area contributed by atoms with E-state index in [9.17, 15) is 4.79 Å². The monoisotopic (exact) mass is 424 g/mol. The van der Waals surface area contributed by atoms with Gasteiger partial charge in [-0.1, -0.05) is 27.7 Å². The quantitative estimate of drug-likeness (QED) is 0.594. The SMILES string of the molecule is CC1(C)COc2ccc(/C=N/NC(=O)c3ccc4c(c3)OCC(C)(C)CO4)cc2OC1. The van der Waals surface area contributed by atoms with Crippen LogP contribution in [0, 0.1) is 10.8 Å². The molecular weight excluding hydrogens is 396 g/mol. The summed E-state index contributed by atoms with van der Waals surface area (Å²) < 4.78 is 23.3. The highest BCUT2D eigenvalue weighted by Gasteiger charge is 2.26. The summed E-state index contributed by atoms with van der Waals surface area (Å²) in [6.45, 7) is 10.6. The molecule has 1 N–H and O–H groups in total. The average molecular weight is 424 g/mol. The van der Waals surface area contributed by atoms with Crippen LogP contribution in [0.1, 0.15) is 43.6 Å². The number of rotatable bonds is 3. The number of carbonyl (C=O) groups is 1. The molecule has 0 saturated carbocycles. The number of benzene rings is 2. The van der Waals surface area contributed by atoms with Gasteiger partial charge in [-0.25, -0.2) is 5.43 Å². The van der Waals surface area contributed by atoms with E-state index in [4.69, 9.17) is 18.9 Å². The van der Waals surface area contributed by atoms with Crippen molar-refractivity contribution < 1.29 is 23.7 Å². The molecule has 4 rings (SSSR count). The van der Waals surface area contributed by atoms with Crippen LogP contribution in [-0.4, -0.2) is 38.5 Å². The fourth-order valence-electron chi connectivity index (χ4n) is 3.12. The number of hydrogen-bond acceptors (Lipinski definition) is 6. The first-order valence-electron chi connectivity index (χ1n) is 10.3. The van der Waals surface area contributed by atoms with E-state index < -0.39 is 0 Å². The molecule has 7 heteroatoms. The molecule has 0 aliphatic carbocycles. The first-order chi connectivity index (χ1) is 14.7. The number of hydrogen-bond donors (Lipinski definition) is 1. The molecule has 0 spiro atoms. The van der Waals surface area contributed by atoms with Crippen LogP contribution in [0.25, 0.3) is 0 Å². The van der Waals surface area contributed by atoms with Gasteiger partial charge in [0.15, 0.2) is 23.0 Å². The van der Waals surface area contributed by atoms with Gasteiger partial charge in [0.2, 0.25) is 0 Å². The first kappa shape index (κ1) is 21.0. The minimum absolute atomic E-state index is 0.0559. The largest absolute Gasteiger partial charge is 0.489 e. The Balaban J connectivity index is 1.41. The Kier molecular flexibility index (Phi) is 5.52. The van der Waals surface area contributed by atoms with E-state index in [2.05, 4.69) is 38.2 Å². The maximum absolute atomic E-state index is 12.5. The van der Waals surface area contributed by atoms with Crippen molar-refractivity contribution in [3.8, 4) is 23.0 Å². The second kappa shape index (κ2) is 8.13. The van der Waals surface area contributed by atoms with E-state index in [1.807, 2.05) is 18.2 Å². The molecule has 0 atom stereocenters. The molecule has 0 fully saturated rings. The van der Waals surface area contributed by atoms with Crippen LogP contribution in [0.15, 0.2) is 41.5 Å². The molecule has 2 aliphatic rings. The number of ether oxygens (including phenoxy) is 4. The van der Waals surface area contributed by atoms with E-state index in [-0.39, 0.29) is 16.7 Å². The van der Waals surface area contributed by atoms with Gasteiger partial charge in [0, 0.05) is 16.4 Å². The second-order valence-electron chi connectivity index (χ2n) is 9.55. The molecule has 2 heterocycles. The highest BCUT2D eigenvalue weighted by Crippen LogP contribution is 2.35. The summed E-state index contributed by atoms with van der Waals surface area (Å²) in [5, 5.41) is 4.08. The van der Waals surface area contributed by atoms with E-state index in [1.54, 1.807) is 24.4 Å². The fourth-order valence-corrected chi connectivity index (χ4v) is 3.12. The third kappa shape index (κ3) is 5.10. The third-order valence-electron chi connectivity index (χ3n) is 5.03. The number of amides is 1. The Labute approximate surface area is 182 Å². The summed E-state index contributed by atoms with van der Waals surface area (Å²) in [7, 11) is 0. The standard InChI is InChI=1S/C24H28N2O5/c1-23(2)12-28-18-7-5-16(9-20(18)30-14-23)11-25-26-22(27)17-6-8-19-21(10-17)31-15-24(3,4)13-29-19/h5-11H,12-15H2,1-4H3,(H,26,27)/b25-11+. The molecule has 164 valence electrons. The summed E-state index contributed by atoms with van der Waals surface area (Å²) in [5.74, 6) is 2.25. The van der Waals surface area contributed by atoms with Crippen LogP contribution in [-0.2, 0) is 0 Å². The number of nitrogens with zero attached hydrogens (tertiary/aromatic N) is 1. The van der Waals surface area contributed by atoms with Gasteiger partial charge < -0.3 is 18.9 Å². The van der Waals surface area contributed by atoms with Crippen molar-refractivity contribution >= 4 is 12.1 Å². The van der Waals surface area contributed by atoms with Crippen molar-refractivity contribution in [2.75, 3.05) is 26.4 Å². The molecule has 2 aliphatic heterocycles. The van der Waals surface area contributed by atoms with Crippen LogP contribution >= 0.6 is 0 Å². The lowest BCUT2D eigenvalue weighted by atomic mass is 9.97. The number of fused-ring (bicyclic) bond motifs is 2. The predicted octanol–water partition coefficient (Wildman–Crippen LogP) is 4.05. The number of hydrazone groups is 1. The molecule has 2 aromatic carbocycles. The molecular formula is C24H28N2O5. The summed E-state index contributed by atoms with van der Waals surface area (Å²) in [5.41, 5.74) is 3.64. The smallest absolute Gasteiger partial charge is 0.271 e. The third-order valence-corrected chi connectivity index (χ3v) is 5.03. The highest BCUT2D eigenvalue weighted by molar-refractivity contribution is 5.95. The van der Waals surface area contributed by atoms with Crippen molar-refractivity contribution in [3.05, 3.63) is 47.5 Å². The Morgan fingerprint density at radius 1 is 0.806 bits per heavy atom. The Morgan fingerprint density at radius 2 is 1.32 bits per heavy atom. The number of carbonyl (C=O) groups excluding carboxylic acids is 1. The van der Waals surface area contributed by atoms with E-state index in [0.29, 0.717) is 55.0 Å². The topological polar surface area (TPSA) is 78.4 Å². The fraction of sp³-hybridized carbons (Fsp3) is 0.417. The van der Waals surface area contributed by atoms with Crippen molar-refractivity contribution in [2.45, 2.75) is 27.7 Å². The molecule has 0 aromatic heterocycles. The van der Waals surface area contributed by atoms with Crippen molar-refractivity contribution in [1.82, 2.24) is 5.43 Å². The van der Waals surface area contributed by atoms with E-state index in [1.165, 1.54) is 0 Å². The first-order valence-corrected chi connectivity index (χ1v) is 10.3. The van der Waals surface area contributed by atoms with Crippen LogP contribution in [0.4, 0.5) is 0 Å². The van der Waals surface area contributed by atoms with Crippen molar-refractivity contribution in [2.24, 2.45) is 15.9 Å². The normalized spacial score (nSPS) is 18.7. The molecule has 31 heavy (non-hydrogen) atoms. The van der Waals surface area contributed by atoms with Gasteiger partial charge >= 0.3 is 0 Å². The molecule has 0 radical (unpaired) electrons. The van der Waals surface area contributed by atoms with Gasteiger partial charge in [0.1, 0.15) is 0 Å².